The summed E-state index contributed by atoms with van der Waals surface area (Å²) in [6.45, 7) is 0. The summed E-state index contributed by atoms with van der Waals surface area (Å²) >= 11 is 17.5. The van der Waals surface area contributed by atoms with Gasteiger partial charge in [0.05, 0.1) is 24.2 Å². The smallest absolute Gasteiger partial charge is 0.290 e. The predicted octanol–water partition coefficient (Wildman–Crippen LogP) is 6.79. The molecule has 0 amide bonds. The molecule has 0 bridgehead atoms. The first-order chi connectivity index (χ1) is 15.9. The van der Waals surface area contributed by atoms with E-state index in [0.717, 1.165) is 0 Å². The SMILES string of the molecule is COc1ccc(-n2c(=O)c(N=Nc3ccc(Cl)cc3)c(O)n(-c3ccc(Cl)cc3)c2=S)cc1. The first-order valence-corrected chi connectivity index (χ1v) is 10.7. The largest absolute Gasteiger partial charge is 0.497 e. The Bertz CT molecular complexity index is 1450. The van der Waals surface area contributed by atoms with Crippen molar-refractivity contribution in [1.29, 1.82) is 0 Å². The zero-order valence-electron chi connectivity index (χ0n) is 17.1. The van der Waals surface area contributed by atoms with Crippen LogP contribution in [0.5, 0.6) is 11.6 Å². The second kappa shape index (κ2) is 9.58. The number of halogens is 2. The summed E-state index contributed by atoms with van der Waals surface area (Å²) in [7, 11) is 1.55. The molecule has 0 radical (unpaired) electrons. The van der Waals surface area contributed by atoms with E-state index in [-0.39, 0.29) is 10.5 Å². The molecule has 33 heavy (non-hydrogen) atoms. The molecule has 4 aromatic rings. The van der Waals surface area contributed by atoms with E-state index in [4.69, 9.17) is 40.2 Å². The third kappa shape index (κ3) is 4.68. The molecular formula is C23H16Cl2N4O3S. The molecule has 1 N–H and O–H groups in total. The molecule has 1 aromatic heterocycles. The summed E-state index contributed by atoms with van der Waals surface area (Å²) in [5.41, 5.74) is 0.494. The fourth-order valence-corrected chi connectivity index (χ4v) is 3.70. The zero-order chi connectivity index (χ0) is 23.5. The molecule has 166 valence electrons. The molecule has 1 heterocycles. The molecule has 10 heteroatoms. The van der Waals surface area contributed by atoms with Gasteiger partial charge in [-0.25, -0.2) is 0 Å². The minimum absolute atomic E-state index is 0.0374. The summed E-state index contributed by atoms with van der Waals surface area (Å²) in [4.78, 5) is 13.4. The zero-order valence-corrected chi connectivity index (χ0v) is 19.5. The Hall–Kier alpha value is -3.46. The highest BCUT2D eigenvalue weighted by atomic mass is 35.5. The number of nitrogens with zero attached hydrogens (tertiary/aromatic N) is 4. The van der Waals surface area contributed by atoms with Crippen LogP contribution in [0.2, 0.25) is 10.0 Å². The lowest BCUT2D eigenvalue weighted by molar-refractivity contribution is 0.414. The van der Waals surface area contributed by atoms with Gasteiger partial charge in [0.1, 0.15) is 5.75 Å². The molecule has 0 spiro atoms. The molecule has 7 nitrogen and oxygen atoms in total. The maximum atomic E-state index is 13.4. The maximum absolute atomic E-state index is 13.4. The van der Waals surface area contributed by atoms with Gasteiger partial charge in [-0.3, -0.25) is 13.9 Å². The van der Waals surface area contributed by atoms with E-state index in [0.29, 0.717) is 32.9 Å². The lowest BCUT2D eigenvalue weighted by atomic mass is 10.3. The van der Waals surface area contributed by atoms with Crippen LogP contribution in [0.1, 0.15) is 0 Å². The van der Waals surface area contributed by atoms with Gasteiger partial charge < -0.3 is 9.84 Å². The first kappa shape index (κ1) is 22.7. The van der Waals surface area contributed by atoms with Crippen LogP contribution >= 0.6 is 35.4 Å². The van der Waals surface area contributed by atoms with E-state index in [9.17, 15) is 9.90 Å². The van der Waals surface area contributed by atoms with Gasteiger partial charge in [-0.2, -0.15) is 5.11 Å². The Kier molecular flexibility index (Phi) is 6.60. The molecule has 0 aliphatic heterocycles. The Morgan fingerprint density at radius 2 is 1.33 bits per heavy atom. The van der Waals surface area contributed by atoms with Crippen molar-refractivity contribution in [1.82, 2.24) is 9.13 Å². The second-order valence-corrected chi connectivity index (χ2v) is 8.02. The quantitative estimate of drug-likeness (QED) is 0.242. The van der Waals surface area contributed by atoms with Crippen LogP contribution in [0.3, 0.4) is 0 Å². The van der Waals surface area contributed by atoms with Crippen molar-refractivity contribution in [3.63, 3.8) is 0 Å². The number of hydrogen-bond acceptors (Lipinski definition) is 6. The van der Waals surface area contributed by atoms with Crippen molar-refractivity contribution in [3.05, 3.63) is 98.0 Å². The van der Waals surface area contributed by atoms with E-state index < -0.39 is 11.4 Å². The van der Waals surface area contributed by atoms with Crippen molar-refractivity contribution < 1.29 is 9.84 Å². The topological polar surface area (TPSA) is 81.1 Å². The van der Waals surface area contributed by atoms with Crippen LogP contribution in [0.4, 0.5) is 11.4 Å². The molecule has 0 aliphatic carbocycles. The van der Waals surface area contributed by atoms with Gasteiger partial charge in [-0.05, 0) is 85.0 Å². The molecular weight excluding hydrogens is 483 g/mol. The fraction of sp³-hybridized carbons (Fsp3) is 0.0435. The Balaban J connectivity index is 1.97. The molecule has 0 unspecified atom stereocenters. The normalized spacial score (nSPS) is 11.1. The van der Waals surface area contributed by atoms with Crippen LogP contribution in [-0.4, -0.2) is 21.4 Å². The van der Waals surface area contributed by atoms with Gasteiger partial charge in [0.15, 0.2) is 4.77 Å². The highest BCUT2D eigenvalue weighted by Gasteiger charge is 2.19. The van der Waals surface area contributed by atoms with Gasteiger partial charge in [0, 0.05) is 10.0 Å². The molecule has 0 saturated carbocycles. The number of aromatic hydroxyl groups is 1. The predicted molar refractivity (Wildman–Crippen MR) is 131 cm³/mol. The minimum Gasteiger partial charge on any atom is -0.497 e. The van der Waals surface area contributed by atoms with Gasteiger partial charge in [-0.15, -0.1) is 5.11 Å². The Morgan fingerprint density at radius 1 is 0.818 bits per heavy atom. The lowest BCUT2D eigenvalue weighted by Gasteiger charge is -2.16. The third-order valence-corrected chi connectivity index (χ3v) is 5.59. The van der Waals surface area contributed by atoms with Crippen molar-refractivity contribution in [2.45, 2.75) is 0 Å². The van der Waals surface area contributed by atoms with Crippen molar-refractivity contribution in [3.8, 4) is 23.0 Å². The molecule has 0 aliphatic rings. The van der Waals surface area contributed by atoms with Gasteiger partial charge in [-0.1, -0.05) is 23.2 Å². The van der Waals surface area contributed by atoms with Crippen LogP contribution in [0.25, 0.3) is 11.4 Å². The average molecular weight is 499 g/mol. The number of azo groups is 1. The van der Waals surface area contributed by atoms with Gasteiger partial charge in [0.25, 0.3) is 5.56 Å². The van der Waals surface area contributed by atoms with Crippen molar-refractivity contribution >= 4 is 46.8 Å². The average Bonchev–Trinajstić information content (AvgIpc) is 2.82. The summed E-state index contributed by atoms with van der Waals surface area (Å²) < 4.78 is 7.82. The van der Waals surface area contributed by atoms with E-state index in [1.807, 2.05) is 0 Å². The molecule has 0 atom stereocenters. The Labute approximate surface area is 203 Å². The number of benzene rings is 3. The van der Waals surface area contributed by atoms with E-state index in [1.165, 1.54) is 9.13 Å². The lowest BCUT2D eigenvalue weighted by Crippen LogP contribution is -2.23. The number of aromatic nitrogens is 2. The monoisotopic (exact) mass is 498 g/mol. The maximum Gasteiger partial charge on any atom is 0.290 e. The summed E-state index contributed by atoms with van der Waals surface area (Å²) in [6.07, 6.45) is 0. The number of ether oxygens (including phenoxy) is 1. The van der Waals surface area contributed by atoms with Crippen LogP contribution in [0.15, 0.2) is 87.8 Å². The minimum atomic E-state index is -0.634. The highest BCUT2D eigenvalue weighted by molar-refractivity contribution is 7.71. The summed E-state index contributed by atoms with van der Waals surface area (Å²) in [5.74, 6) is 0.166. The second-order valence-electron chi connectivity index (χ2n) is 6.78. The van der Waals surface area contributed by atoms with Crippen LogP contribution in [-0.2, 0) is 0 Å². The Morgan fingerprint density at radius 3 is 1.91 bits per heavy atom. The van der Waals surface area contributed by atoms with Crippen LogP contribution in [0, 0.1) is 4.77 Å². The molecule has 0 fully saturated rings. The number of methoxy groups -OCH3 is 1. The number of rotatable bonds is 5. The van der Waals surface area contributed by atoms with E-state index >= 15 is 0 Å². The molecule has 4 rings (SSSR count). The first-order valence-electron chi connectivity index (χ1n) is 9.58. The van der Waals surface area contributed by atoms with E-state index in [1.54, 1.807) is 79.9 Å². The van der Waals surface area contributed by atoms with Gasteiger partial charge >= 0.3 is 0 Å². The summed E-state index contributed by atoms with van der Waals surface area (Å²) in [5, 5.41) is 20.2. The standard InChI is InChI=1S/C23H16Cl2N4O3S/c1-32-19-12-10-18(11-13-19)29-22(31)20(27-26-16-6-2-14(24)3-7-16)21(30)28(23(29)33)17-8-4-15(25)5-9-17/h2-13,30H,1H3. The van der Waals surface area contributed by atoms with E-state index in [2.05, 4.69) is 10.2 Å². The third-order valence-electron chi connectivity index (χ3n) is 4.72. The molecule has 0 saturated heterocycles. The van der Waals surface area contributed by atoms with Crippen LogP contribution < -0.4 is 10.3 Å². The number of hydrogen-bond donors (Lipinski definition) is 1. The van der Waals surface area contributed by atoms with Crippen molar-refractivity contribution in [2.24, 2.45) is 10.2 Å². The molecule has 3 aromatic carbocycles. The van der Waals surface area contributed by atoms with Crippen molar-refractivity contribution in [2.75, 3.05) is 7.11 Å². The highest BCUT2D eigenvalue weighted by Crippen LogP contribution is 2.30. The fourth-order valence-electron chi connectivity index (χ4n) is 3.07. The summed E-state index contributed by atoms with van der Waals surface area (Å²) in [6, 6.07) is 20.0. The van der Waals surface area contributed by atoms with Gasteiger partial charge in [0.2, 0.25) is 11.6 Å².